The van der Waals surface area contributed by atoms with E-state index in [4.69, 9.17) is 4.74 Å². The van der Waals surface area contributed by atoms with E-state index < -0.39 is 10.0 Å². The highest BCUT2D eigenvalue weighted by molar-refractivity contribution is 7.92. The van der Waals surface area contributed by atoms with Crippen molar-refractivity contribution in [3.05, 3.63) is 96.1 Å². The number of ether oxygens (including phenoxy) is 1. The van der Waals surface area contributed by atoms with E-state index in [-0.39, 0.29) is 16.7 Å². The number of rotatable bonds is 6. The summed E-state index contributed by atoms with van der Waals surface area (Å²) < 4.78 is 34.0. The number of para-hydroxylation sites is 1. The Morgan fingerprint density at radius 1 is 0.774 bits per heavy atom. The van der Waals surface area contributed by atoms with Gasteiger partial charge in [-0.3, -0.25) is 0 Å². The molecule has 0 aliphatic rings. The molecule has 7 heteroatoms. The Balaban J connectivity index is 1.80. The Morgan fingerprint density at radius 3 is 2.03 bits per heavy atom. The molecule has 156 valence electrons. The zero-order chi connectivity index (χ0) is 21.8. The second kappa shape index (κ2) is 8.57. The predicted molar refractivity (Wildman–Crippen MR) is 121 cm³/mol. The van der Waals surface area contributed by atoms with Crippen LogP contribution in [0, 0.1) is 13.8 Å². The third kappa shape index (κ3) is 4.73. The first kappa shape index (κ1) is 20.6. The summed E-state index contributed by atoms with van der Waals surface area (Å²) in [5, 5.41) is 0. The zero-order valence-electron chi connectivity index (χ0n) is 17.1. The van der Waals surface area contributed by atoms with Gasteiger partial charge in [-0.2, -0.15) is 4.98 Å². The molecule has 3 aromatic carbocycles. The van der Waals surface area contributed by atoms with Gasteiger partial charge in [0, 0.05) is 11.6 Å². The fourth-order valence-electron chi connectivity index (χ4n) is 3.26. The molecular weight excluding hydrogens is 410 g/mol. The molecular formula is C24H21N3O3S. The average molecular weight is 432 g/mol. The Morgan fingerprint density at radius 2 is 1.39 bits per heavy atom. The molecule has 0 saturated heterocycles. The Bertz CT molecular complexity index is 1290. The van der Waals surface area contributed by atoms with E-state index in [2.05, 4.69) is 14.7 Å². The van der Waals surface area contributed by atoms with Crippen LogP contribution in [-0.4, -0.2) is 18.4 Å². The molecule has 6 nitrogen and oxygen atoms in total. The van der Waals surface area contributed by atoms with Crippen LogP contribution in [-0.2, 0) is 10.0 Å². The summed E-state index contributed by atoms with van der Waals surface area (Å²) in [5.41, 5.74) is 3.51. The van der Waals surface area contributed by atoms with Crippen LogP contribution in [0.1, 0.15) is 11.1 Å². The predicted octanol–water partition coefficient (Wildman–Crippen LogP) is 5.35. The molecule has 0 bridgehead atoms. The maximum atomic E-state index is 12.8. The van der Waals surface area contributed by atoms with Gasteiger partial charge in [0.25, 0.3) is 10.0 Å². The molecule has 0 atom stereocenters. The third-order valence-corrected chi connectivity index (χ3v) is 6.03. The topological polar surface area (TPSA) is 81.2 Å². The zero-order valence-corrected chi connectivity index (χ0v) is 17.9. The molecule has 0 unspecified atom stereocenters. The summed E-state index contributed by atoms with van der Waals surface area (Å²) in [6.45, 7) is 3.96. The summed E-state index contributed by atoms with van der Waals surface area (Å²) in [5.74, 6) is 0.769. The SMILES string of the molecule is Cc1cccc(C)c1-c1cc(Oc2ccccc2)nc(NS(=O)(=O)c2ccccc2)n1. The molecule has 0 radical (unpaired) electrons. The van der Waals surface area contributed by atoms with Crippen molar-refractivity contribution in [1.29, 1.82) is 0 Å². The van der Waals surface area contributed by atoms with Gasteiger partial charge in [-0.25, -0.2) is 18.1 Å². The lowest BCUT2D eigenvalue weighted by molar-refractivity contribution is 0.463. The fourth-order valence-corrected chi connectivity index (χ4v) is 4.22. The molecule has 1 heterocycles. The van der Waals surface area contributed by atoms with E-state index in [0.717, 1.165) is 16.7 Å². The van der Waals surface area contributed by atoms with Gasteiger partial charge in [-0.05, 0) is 49.2 Å². The van der Waals surface area contributed by atoms with Gasteiger partial charge in [0.05, 0.1) is 10.6 Å². The van der Waals surface area contributed by atoms with Gasteiger partial charge in [-0.15, -0.1) is 0 Å². The molecule has 0 spiro atoms. The van der Waals surface area contributed by atoms with Crippen LogP contribution in [0.15, 0.2) is 89.8 Å². The summed E-state index contributed by atoms with van der Waals surface area (Å²) in [4.78, 5) is 8.92. The average Bonchev–Trinajstić information content (AvgIpc) is 2.74. The van der Waals surface area contributed by atoms with Crippen molar-refractivity contribution in [3.8, 4) is 22.9 Å². The lowest BCUT2D eigenvalue weighted by atomic mass is 10.00. The van der Waals surface area contributed by atoms with E-state index in [1.54, 1.807) is 36.4 Å². The highest BCUT2D eigenvalue weighted by Crippen LogP contribution is 2.30. The quantitative estimate of drug-likeness (QED) is 0.445. The van der Waals surface area contributed by atoms with Crippen LogP contribution >= 0.6 is 0 Å². The number of aromatic nitrogens is 2. The largest absolute Gasteiger partial charge is 0.439 e. The second-order valence-corrected chi connectivity index (χ2v) is 8.70. The van der Waals surface area contributed by atoms with Crippen molar-refractivity contribution in [2.24, 2.45) is 0 Å². The fraction of sp³-hybridized carbons (Fsp3) is 0.0833. The summed E-state index contributed by atoms with van der Waals surface area (Å²) in [6.07, 6.45) is 0. The first-order valence-corrected chi connectivity index (χ1v) is 11.2. The number of anilines is 1. The number of nitrogens with zero attached hydrogens (tertiary/aromatic N) is 2. The van der Waals surface area contributed by atoms with Gasteiger partial charge < -0.3 is 4.74 Å². The van der Waals surface area contributed by atoms with E-state index in [9.17, 15) is 8.42 Å². The minimum absolute atomic E-state index is 0.0602. The van der Waals surface area contributed by atoms with E-state index in [1.807, 2.05) is 50.2 Å². The molecule has 0 fully saturated rings. The van der Waals surface area contributed by atoms with Gasteiger partial charge in [0.2, 0.25) is 11.8 Å². The first-order chi connectivity index (χ1) is 14.9. The van der Waals surface area contributed by atoms with Crippen molar-refractivity contribution >= 4 is 16.0 Å². The van der Waals surface area contributed by atoms with Crippen LogP contribution in [0.25, 0.3) is 11.3 Å². The summed E-state index contributed by atoms with van der Waals surface area (Å²) in [7, 11) is -3.85. The third-order valence-electron chi connectivity index (χ3n) is 4.68. The molecule has 4 aromatic rings. The number of nitrogens with one attached hydrogen (secondary N) is 1. The van der Waals surface area contributed by atoms with Crippen LogP contribution in [0.5, 0.6) is 11.6 Å². The summed E-state index contributed by atoms with van der Waals surface area (Å²) >= 11 is 0. The standard InChI is InChI=1S/C24H21N3O3S/c1-17-10-9-11-18(2)23(17)21-16-22(30-19-12-5-3-6-13-19)26-24(25-21)27-31(28,29)20-14-7-4-8-15-20/h3-16H,1-2H3,(H,25,26,27). The maximum Gasteiger partial charge on any atom is 0.264 e. The molecule has 0 aliphatic carbocycles. The highest BCUT2D eigenvalue weighted by Gasteiger charge is 2.18. The van der Waals surface area contributed by atoms with Crippen LogP contribution in [0.2, 0.25) is 0 Å². The normalized spacial score (nSPS) is 11.2. The molecule has 1 N–H and O–H groups in total. The number of benzene rings is 3. The van der Waals surface area contributed by atoms with E-state index >= 15 is 0 Å². The van der Waals surface area contributed by atoms with Gasteiger partial charge in [0.1, 0.15) is 5.75 Å². The van der Waals surface area contributed by atoms with Gasteiger partial charge in [-0.1, -0.05) is 54.6 Å². The number of hydrogen-bond donors (Lipinski definition) is 1. The Labute approximate surface area is 181 Å². The molecule has 0 saturated carbocycles. The van der Waals surface area contributed by atoms with E-state index in [0.29, 0.717) is 11.4 Å². The van der Waals surface area contributed by atoms with Crippen LogP contribution < -0.4 is 9.46 Å². The molecule has 0 amide bonds. The second-order valence-electron chi connectivity index (χ2n) is 7.02. The van der Waals surface area contributed by atoms with Crippen LogP contribution in [0.3, 0.4) is 0 Å². The number of hydrogen-bond acceptors (Lipinski definition) is 5. The van der Waals surface area contributed by atoms with Crippen molar-refractivity contribution in [2.75, 3.05) is 4.72 Å². The smallest absolute Gasteiger partial charge is 0.264 e. The minimum Gasteiger partial charge on any atom is -0.439 e. The van der Waals surface area contributed by atoms with E-state index in [1.165, 1.54) is 12.1 Å². The number of sulfonamides is 1. The van der Waals surface area contributed by atoms with Crippen molar-refractivity contribution in [3.63, 3.8) is 0 Å². The lowest BCUT2D eigenvalue weighted by Gasteiger charge is -2.14. The minimum atomic E-state index is -3.85. The first-order valence-electron chi connectivity index (χ1n) is 9.69. The molecule has 31 heavy (non-hydrogen) atoms. The monoisotopic (exact) mass is 431 g/mol. The van der Waals surface area contributed by atoms with Gasteiger partial charge in [0.15, 0.2) is 0 Å². The highest BCUT2D eigenvalue weighted by atomic mass is 32.2. The van der Waals surface area contributed by atoms with Crippen molar-refractivity contribution in [1.82, 2.24) is 9.97 Å². The van der Waals surface area contributed by atoms with Crippen LogP contribution in [0.4, 0.5) is 5.95 Å². The summed E-state index contributed by atoms with van der Waals surface area (Å²) in [6, 6.07) is 24.9. The molecule has 1 aromatic heterocycles. The maximum absolute atomic E-state index is 12.8. The van der Waals surface area contributed by atoms with Crippen molar-refractivity contribution < 1.29 is 13.2 Å². The lowest BCUT2D eigenvalue weighted by Crippen LogP contribution is -2.15. The van der Waals surface area contributed by atoms with Gasteiger partial charge >= 0.3 is 0 Å². The molecule has 0 aliphatic heterocycles. The van der Waals surface area contributed by atoms with Crippen molar-refractivity contribution in [2.45, 2.75) is 18.7 Å². The Hall–Kier alpha value is -3.71. The Kier molecular flexibility index (Phi) is 5.68. The molecule has 4 rings (SSSR count). The number of aryl methyl sites for hydroxylation is 2.